The molecule has 3 rings (SSSR count). The van der Waals surface area contributed by atoms with Gasteiger partial charge in [-0.3, -0.25) is 0 Å². The van der Waals surface area contributed by atoms with Crippen LogP contribution in [-0.4, -0.2) is 41.7 Å². The van der Waals surface area contributed by atoms with E-state index in [9.17, 15) is 0 Å². The summed E-state index contributed by atoms with van der Waals surface area (Å²) in [4.78, 5) is 16.8. The zero-order chi connectivity index (χ0) is 14.8. The van der Waals surface area contributed by atoms with Crippen LogP contribution >= 0.6 is 0 Å². The van der Waals surface area contributed by atoms with Gasteiger partial charge in [-0.1, -0.05) is 12.1 Å². The summed E-state index contributed by atoms with van der Waals surface area (Å²) in [6, 6.07) is 8.41. The summed E-state index contributed by atoms with van der Waals surface area (Å²) in [5, 5.41) is 0. The Morgan fingerprint density at radius 1 is 1.14 bits per heavy atom. The molecule has 0 bridgehead atoms. The zero-order valence-corrected chi connectivity index (χ0v) is 12.2. The van der Waals surface area contributed by atoms with E-state index in [0.717, 1.165) is 24.5 Å². The third-order valence-electron chi connectivity index (χ3n) is 3.38. The maximum Gasteiger partial charge on any atom is 0.323 e. The van der Waals surface area contributed by atoms with Crippen LogP contribution in [0.1, 0.15) is 6.92 Å². The van der Waals surface area contributed by atoms with E-state index in [0.29, 0.717) is 12.6 Å². The average molecular weight is 286 g/mol. The lowest BCUT2D eigenvalue weighted by Crippen LogP contribution is -2.37. The SMILES string of the molecule is CCOc1nc(N)nc(N2CCN(C)c3ccccc32)n1. The molecule has 0 atom stereocenters. The molecule has 0 aliphatic carbocycles. The number of benzene rings is 1. The first kappa shape index (κ1) is 13.4. The predicted molar refractivity (Wildman–Crippen MR) is 82.1 cm³/mol. The molecule has 1 aromatic carbocycles. The van der Waals surface area contributed by atoms with Crippen LogP contribution in [0.15, 0.2) is 24.3 Å². The van der Waals surface area contributed by atoms with Crippen molar-refractivity contribution in [2.75, 3.05) is 42.3 Å². The van der Waals surface area contributed by atoms with Crippen molar-refractivity contribution >= 4 is 23.3 Å². The third kappa shape index (κ3) is 2.54. The molecule has 0 spiro atoms. The van der Waals surface area contributed by atoms with E-state index in [2.05, 4.69) is 33.0 Å². The summed E-state index contributed by atoms with van der Waals surface area (Å²) in [7, 11) is 2.07. The van der Waals surface area contributed by atoms with Gasteiger partial charge >= 0.3 is 6.01 Å². The summed E-state index contributed by atoms with van der Waals surface area (Å²) in [6.45, 7) is 4.03. The highest BCUT2D eigenvalue weighted by Crippen LogP contribution is 2.35. The van der Waals surface area contributed by atoms with E-state index >= 15 is 0 Å². The van der Waals surface area contributed by atoms with Gasteiger partial charge in [-0.05, 0) is 19.1 Å². The maximum absolute atomic E-state index is 5.76. The molecule has 21 heavy (non-hydrogen) atoms. The Morgan fingerprint density at radius 2 is 1.90 bits per heavy atom. The standard InChI is InChI=1S/C14H18N6O/c1-3-21-14-17-12(15)16-13(18-14)20-9-8-19(2)10-6-4-5-7-11(10)20/h4-7H,3,8-9H2,1-2H3,(H2,15,16,17,18). The average Bonchev–Trinajstić information content (AvgIpc) is 2.47. The van der Waals surface area contributed by atoms with Crippen LogP contribution in [-0.2, 0) is 0 Å². The number of para-hydroxylation sites is 2. The molecule has 0 saturated carbocycles. The lowest BCUT2D eigenvalue weighted by Gasteiger charge is -2.35. The summed E-state index contributed by atoms with van der Waals surface area (Å²) in [5.74, 6) is 0.686. The number of likely N-dealkylation sites (N-methyl/N-ethyl adjacent to an activating group) is 1. The van der Waals surface area contributed by atoms with E-state index in [1.807, 2.05) is 30.0 Å². The Bertz CT molecular complexity index is 647. The Morgan fingerprint density at radius 3 is 2.67 bits per heavy atom. The number of hydrogen-bond donors (Lipinski definition) is 1. The van der Waals surface area contributed by atoms with Crippen molar-refractivity contribution in [1.82, 2.24) is 15.0 Å². The molecule has 0 fully saturated rings. The largest absolute Gasteiger partial charge is 0.464 e. The first-order chi connectivity index (χ1) is 10.2. The van der Waals surface area contributed by atoms with Crippen molar-refractivity contribution in [2.45, 2.75) is 6.92 Å². The summed E-state index contributed by atoms with van der Waals surface area (Å²) in [6.07, 6.45) is 0. The van der Waals surface area contributed by atoms with Crippen molar-refractivity contribution in [3.8, 4) is 6.01 Å². The van der Waals surface area contributed by atoms with E-state index in [1.165, 1.54) is 0 Å². The summed E-state index contributed by atoms with van der Waals surface area (Å²) >= 11 is 0. The molecular weight excluding hydrogens is 268 g/mol. The van der Waals surface area contributed by atoms with Crippen LogP contribution in [0.4, 0.5) is 23.3 Å². The van der Waals surface area contributed by atoms with Gasteiger partial charge in [-0.25, -0.2) is 0 Å². The fourth-order valence-corrected chi connectivity index (χ4v) is 2.39. The van der Waals surface area contributed by atoms with Crippen molar-refractivity contribution < 1.29 is 4.74 Å². The predicted octanol–water partition coefficient (Wildman–Crippen LogP) is 1.44. The van der Waals surface area contributed by atoms with Crippen molar-refractivity contribution in [1.29, 1.82) is 0 Å². The minimum Gasteiger partial charge on any atom is -0.464 e. The first-order valence-corrected chi connectivity index (χ1v) is 6.91. The highest BCUT2D eigenvalue weighted by molar-refractivity contribution is 5.77. The van der Waals surface area contributed by atoms with E-state index in [1.54, 1.807) is 0 Å². The quantitative estimate of drug-likeness (QED) is 0.914. The summed E-state index contributed by atoms with van der Waals surface area (Å²) < 4.78 is 5.35. The number of fused-ring (bicyclic) bond motifs is 1. The number of aromatic nitrogens is 3. The second-order valence-electron chi connectivity index (χ2n) is 4.77. The fourth-order valence-electron chi connectivity index (χ4n) is 2.39. The van der Waals surface area contributed by atoms with Crippen LogP contribution < -0.4 is 20.3 Å². The first-order valence-electron chi connectivity index (χ1n) is 6.91. The molecule has 0 radical (unpaired) electrons. The van der Waals surface area contributed by atoms with Gasteiger partial charge in [0.25, 0.3) is 0 Å². The molecule has 0 unspecified atom stereocenters. The van der Waals surface area contributed by atoms with Gasteiger partial charge in [-0.15, -0.1) is 0 Å². The summed E-state index contributed by atoms with van der Waals surface area (Å²) in [5.41, 5.74) is 7.96. The highest BCUT2D eigenvalue weighted by atomic mass is 16.5. The molecule has 7 heteroatoms. The number of hydrogen-bond acceptors (Lipinski definition) is 7. The fraction of sp³-hybridized carbons (Fsp3) is 0.357. The molecule has 2 N–H and O–H groups in total. The van der Waals surface area contributed by atoms with Gasteiger partial charge in [0.2, 0.25) is 11.9 Å². The van der Waals surface area contributed by atoms with Crippen molar-refractivity contribution in [2.24, 2.45) is 0 Å². The lowest BCUT2D eigenvalue weighted by molar-refractivity contribution is 0.312. The van der Waals surface area contributed by atoms with E-state index in [4.69, 9.17) is 10.5 Å². The zero-order valence-electron chi connectivity index (χ0n) is 12.2. The Labute approximate surface area is 123 Å². The van der Waals surface area contributed by atoms with Gasteiger partial charge < -0.3 is 20.3 Å². The highest BCUT2D eigenvalue weighted by Gasteiger charge is 2.23. The Balaban J connectivity index is 2.03. The molecule has 1 aliphatic heterocycles. The molecule has 1 aromatic heterocycles. The number of rotatable bonds is 3. The minimum atomic E-state index is 0.167. The van der Waals surface area contributed by atoms with E-state index in [-0.39, 0.29) is 12.0 Å². The van der Waals surface area contributed by atoms with Crippen LogP contribution in [0.3, 0.4) is 0 Å². The van der Waals surface area contributed by atoms with Gasteiger partial charge in [0.1, 0.15) is 0 Å². The van der Waals surface area contributed by atoms with Crippen molar-refractivity contribution in [3.05, 3.63) is 24.3 Å². The third-order valence-corrected chi connectivity index (χ3v) is 3.38. The smallest absolute Gasteiger partial charge is 0.323 e. The minimum absolute atomic E-state index is 0.167. The van der Waals surface area contributed by atoms with Gasteiger partial charge in [0, 0.05) is 20.1 Å². The Kier molecular flexibility index (Phi) is 3.47. The van der Waals surface area contributed by atoms with Crippen LogP contribution in [0.25, 0.3) is 0 Å². The number of anilines is 4. The Hall–Kier alpha value is -2.57. The normalized spacial score (nSPS) is 14.0. The van der Waals surface area contributed by atoms with Crippen LogP contribution in [0, 0.1) is 0 Å². The lowest BCUT2D eigenvalue weighted by atomic mass is 10.2. The van der Waals surface area contributed by atoms with Gasteiger partial charge in [0.15, 0.2) is 0 Å². The van der Waals surface area contributed by atoms with Gasteiger partial charge in [0.05, 0.1) is 18.0 Å². The molecule has 2 heterocycles. The molecule has 0 amide bonds. The molecule has 7 nitrogen and oxygen atoms in total. The van der Waals surface area contributed by atoms with Crippen LogP contribution in [0.5, 0.6) is 6.01 Å². The number of nitrogens with zero attached hydrogens (tertiary/aromatic N) is 5. The van der Waals surface area contributed by atoms with Gasteiger partial charge in [-0.2, -0.15) is 15.0 Å². The monoisotopic (exact) mass is 286 g/mol. The number of nitrogen functional groups attached to an aromatic ring is 1. The second kappa shape index (κ2) is 5.43. The van der Waals surface area contributed by atoms with Crippen molar-refractivity contribution in [3.63, 3.8) is 0 Å². The van der Waals surface area contributed by atoms with Crippen LogP contribution in [0.2, 0.25) is 0 Å². The number of ether oxygens (including phenoxy) is 1. The molecule has 1 aliphatic rings. The molecule has 0 saturated heterocycles. The maximum atomic E-state index is 5.76. The molecular formula is C14H18N6O. The molecule has 2 aromatic rings. The number of nitrogens with two attached hydrogens (primary N) is 1. The molecule has 110 valence electrons. The topological polar surface area (TPSA) is 80.4 Å². The van der Waals surface area contributed by atoms with E-state index < -0.39 is 0 Å². The second-order valence-corrected chi connectivity index (χ2v) is 4.77.